The third-order valence-electron chi connectivity index (χ3n) is 4.55. The van der Waals surface area contributed by atoms with Gasteiger partial charge in [-0.2, -0.15) is 0 Å². The maximum absolute atomic E-state index is 12.7. The first-order valence-corrected chi connectivity index (χ1v) is 10.2. The second-order valence-electron chi connectivity index (χ2n) is 6.17. The molecule has 1 amide bonds. The molecule has 2 unspecified atom stereocenters. The first kappa shape index (κ1) is 18.3. The molecule has 6 heteroatoms. The highest BCUT2D eigenvalue weighted by Gasteiger charge is 2.35. The number of piperidine rings is 1. The zero-order valence-corrected chi connectivity index (χ0v) is 15.2. The van der Waals surface area contributed by atoms with Crippen molar-refractivity contribution in [3.8, 4) is 0 Å². The van der Waals surface area contributed by atoms with E-state index in [-0.39, 0.29) is 17.7 Å². The van der Waals surface area contributed by atoms with Crippen molar-refractivity contribution in [3.63, 3.8) is 0 Å². The van der Waals surface area contributed by atoms with Gasteiger partial charge in [0.2, 0.25) is 5.91 Å². The number of amides is 1. The molecule has 2 rings (SSSR count). The van der Waals surface area contributed by atoms with Gasteiger partial charge in [0, 0.05) is 17.6 Å². The van der Waals surface area contributed by atoms with Crippen LogP contribution < -0.4 is 0 Å². The summed E-state index contributed by atoms with van der Waals surface area (Å²) in [6.45, 7) is 4.22. The number of benzene rings is 1. The fourth-order valence-electron chi connectivity index (χ4n) is 3.04. The number of hydrogen-bond donors (Lipinski definition) is 0. The first-order chi connectivity index (χ1) is 10.8. The van der Waals surface area contributed by atoms with Crippen molar-refractivity contribution >= 4 is 27.3 Å². The summed E-state index contributed by atoms with van der Waals surface area (Å²) in [6, 6.07) is 6.87. The minimum atomic E-state index is -3.54. The van der Waals surface area contributed by atoms with E-state index in [2.05, 4.69) is 0 Å². The number of nitrogens with zero attached hydrogens (tertiary/aromatic N) is 1. The van der Waals surface area contributed by atoms with Crippen molar-refractivity contribution in [2.75, 3.05) is 6.54 Å². The smallest absolute Gasteiger partial charge is 0.240 e. The Labute approximate surface area is 143 Å². The van der Waals surface area contributed by atoms with E-state index >= 15 is 0 Å². The normalized spacial score (nSPS) is 20.3. The van der Waals surface area contributed by atoms with Crippen molar-refractivity contribution < 1.29 is 13.2 Å². The van der Waals surface area contributed by atoms with Gasteiger partial charge in [0.1, 0.15) is 5.25 Å². The topological polar surface area (TPSA) is 54.5 Å². The van der Waals surface area contributed by atoms with E-state index in [1.807, 2.05) is 6.92 Å². The molecule has 4 nitrogen and oxygen atoms in total. The maximum Gasteiger partial charge on any atom is 0.240 e. The van der Waals surface area contributed by atoms with Gasteiger partial charge in [-0.05, 0) is 50.3 Å². The van der Waals surface area contributed by atoms with Crippen LogP contribution in [0.2, 0.25) is 5.02 Å². The molecule has 2 atom stereocenters. The minimum Gasteiger partial charge on any atom is -0.339 e. The van der Waals surface area contributed by atoms with E-state index < -0.39 is 15.1 Å². The fourth-order valence-corrected chi connectivity index (χ4v) is 4.52. The highest BCUT2D eigenvalue weighted by atomic mass is 35.5. The van der Waals surface area contributed by atoms with E-state index in [9.17, 15) is 13.2 Å². The van der Waals surface area contributed by atoms with Gasteiger partial charge in [-0.15, -0.1) is 0 Å². The van der Waals surface area contributed by atoms with Crippen molar-refractivity contribution in [1.82, 2.24) is 4.90 Å². The predicted molar refractivity (Wildman–Crippen MR) is 93.2 cm³/mol. The van der Waals surface area contributed by atoms with Gasteiger partial charge in [0.25, 0.3) is 0 Å². The lowest BCUT2D eigenvalue weighted by Crippen LogP contribution is -2.49. The molecule has 1 fully saturated rings. The second-order valence-corrected chi connectivity index (χ2v) is 8.92. The molecule has 0 aliphatic carbocycles. The molecule has 0 radical (unpaired) electrons. The van der Waals surface area contributed by atoms with Crippen LogP contribution in [0.4, 0.5) is 0 Å². The van der Waals surface area contributed by atoms with Crippen LogP contribution in [0.25, 0.3) is 0 Å². The predicted octanol–water partition coefficient (Wildman–Crippen LogP) is 3.43. The van der Waals surface area contributed by atoms with Gasteiger partial charge in [0.15, 0.2) is 9.84 Å². The zero-order valence-electron chi connectivity index (χ0n) is 13.7. The molecule has 23 heavy (non-hydrogen) atoms. The molecule has 0 aromatic heterocycles. The molecule has 1 aromatic carbocycles. The van der Waals surface area contributed by atoms with E-state index in [0.29, 0.717) is 17.1 Å². The number of sulfone groups is 1. The Morgan fingerprint density at radius 1 is 1.30 bits per heavy atom. The van der Waals surface area contributed by atoms with Crippen molar-refractivity contribution in [1.29, 1.82) is 0 Å². The van der Waals surface area contributed by atoms with Gasteiger partial charge in [0.05, 0.1) is 5.75 Å². The van der Waals surface area contributed by atoms with Crippen LogP contribution in [0.3, 0.4) is 0 Å². The molecule has 0 spiro atoms. The van der Waals surface area contributed by atoms with Crippen LogP contribution in [0, 0.1) is 0 Å². The standard InChI is InChI=1S/C17H24ClNO3S/c1-3-16-6-4-5-11-19(16)17(20)13(2)23(21,22)12-14-7-9-15(18)10-8-14/h7-10,13,16H,3-6,11-12H2,1-2H3. The lowest BCUT2D eigenvalue weighted by Gasteiger charge is -2.36. The summed E-state index contributed by atoms with van der Waals surface area (Å²) in [5, 5.41) is -0.445. The Bertz CT molecular complexity index is 642. The number of rotatable bonds is 5. The van der Waals surface area contributed by atoms with Crippen LogP contribution >= 0.6 is 11.6 Å². The van der Waals surface area contributed by atoms with Crippen LogP contribution in [0.15, 0.2) is 24.3 Å². The molecule has 1 saturated heterocycles. The van der Waals surface area contributed by atoms with E-state index in [0.717, 1.165) is 25.7 Å². The second kappa shape index (κ2) is 7.67. The Morgan fingerprint density at radius 2 is 1.96 bits per heavy atom. The molecule has 128 valence electrons. The van der Waals surface area contributed by atoms with Crippen molar-refractivity contribution in [2.45, 2.75) is 56.6 Å². The third-order valence-corrected chi connectivity index (χ3v) is 6.82. The van der Waals surface area contributed by atoms with Gasteiger partial charge in [-0.25, -0.2) is 8.42 Å². The Kier molecular flexibility index (Phi) is 6.09. The molecule has 1 heterocycles. The molecule has 0 saturated carbocycles. The lowest BCUT2D eigenvalue weighted by molar-refractivity contribution is -0.134. The quantitative estimate of drug-likeness (QED) is 0.811. The van der Waals surface area contributed by atoms with Crippen LogP contribution in [0.1, 0.15) is 45.1 Å². The van der Waals surface area contributed by atoms with E-state index in [1.165, 1.54) is 6.92 Å². The first-order valence-electron chi connectivity index (χ1n) is 8.11. The van der Waals surface area contributed by atoms with Gasteiger partial charge in [-0.1, -0.05) is 30.7 Å². The highest BCUT2D eigenvalue weighted by Crippen LogP contribution is 2.23. The number of likely N-dealkylation sites (tertiary alicyclic amines) is 1. The number of carbonyl (C=O) groups is 1. The monoisotopic (exact) mass is 357 g/mol. The Hall–Kier alpha value is -1.07. The lowest BCUT2D eigenvalue weighted by atomic mass is 10.00. The van der Waals surface area contributed by atoms with E-state index in [4.69, 9.17) is 11.6 Å². The SMILES string of the molecule is CCC1CCCCN1C(=O)C(C)S(=O)(=O)Cc1ccc(Cl)cc1. The van der Waals surface area contributed by atoms with E-state index in [1.54, 1.807) is 29.2 Å². The summed E-state index contributed by atoms with van der Waals surface area (Å²) in [5.41, 5.74) is 0.653. The van der Waals surface area contributed by atoms with Crippen molar-refractivity contribution in [2.24, 2.45) is 0 Å². The minimum absolute atomic E-state index is 0.137. The van der Waals surface area contributed by atoms with Gasteiger partial charge >= 0.3 is 0 Å². The van der Waals surface area contributed by atoms with Gasteiger partial charge in [-0.3, -0.25) is 4.79 Å². The molecule has 0 N–H and O–H groups in total. The maximum atomic E-state index is 12.7. The summed E-state index contributed by atoms with van der Waals surface area (Å²) in [7, 11) is -3.54. The highest BCUT2D eigenvalue weighted by molar-refractivity contribution is 7.92. The molecule has 1 aliphatic rings. The number of hydrogen-bond acceptors (Lipinski definition) is 3. The summed E-state index contributed by atoms with van der Waals surface area (Å²) in [6.07, 6.45) is 3.89. The average molecular weight is 358 g/mol. The zero-order chi connectivity index (χ0) is 17.0. The third kappa shape index (κ3) is 4.48. The summed E-state index contributed by atoms with van der Waals surface area (Å²) in [5.74, 6) is -0.396. The largest absolute Gasteiger partial charge is 0.339 e. The molecular weight excluding hydrogens is 334 g/mol. The number of halogens is 1. The average Bonchev–Trinajstić information content (AvgIpc) is 2.55. The summed E-state index contributed by atoms with van der Waals surface area (Å²) < 4.78 is 25.2. The Morgan fingerprint density at radius 3 is 2.57 bits per heavy atom. The fraction of sp³-hybridized carbons (Fsp3) is 0.588. The van der Waals surface area contributed by atoms with Crippen LogP contribution in [-0.2, 0) is 20.4 Å². The number of carbonyl (C=O) groups excluding carboxylic acids is 1. The molecule has 1 aromatic rings. The molecule has 0 bridgehead atoms. The van der Waals surface area contributed by atoms with Crippen LogP contribution in [0.5, 0.6) is 0 Å². The van der Waals surface area contributed by atoms with Crippen LogP contribution in [-0.4, -0.2) is 37.1 Å². The Balaban J connectivity index is 2.11. The van der Waals surface area contributed by atoms with Crippen molar-refractivity contribution in [3.05, 3.63) is 34.9 Å². The molecule has 1 aliphatic heterocycles. The summed E-state index contributed by atoms with van der Waals surface area (Å²) >= 11 is 5.82. The van der Waals surface area contributed by atoms with Gasteiger partial charge < -0.3 is 4.90 Å². The molecular formula is C17H24ClNO3S. The summed E-state index contributed by atoms with van der Waals surface area (Å²) in [4.78, 5) is 14.5.